The van der Waals surface area contributed by atoms with Crippen LogP contribution in [0.5, 0.6) is 0 Å². The fraction of sp³-hybridized carbons (Fsp3) is 0.222. The molecule has 1 heteroatoms. The number of hydrogen-bond donors (Lipinski definition) is 0. The van der Waals surface area contributed by atoms with E-state index in [1.165, 1.54) is 6.08 Å². The monoisotopic (exact) mass is 136 g/mol. The summed E-state index contributed by atoms with van der Waals surface area (Å²) in [4.78, 5) is 10.6. The molecule has 0 radical (unpaired) electrons. The predicted molar refractivity (Wildman–Crippen MR) is 43.8 cm³/mol. The molecule has 54 valence electrons. The highest BCUT2D eigenvalue weighted by molar-refractivity contribution is 5.89. The maximum absolute atomic E-state index is 10.6. The van der Waals surface area contributed by atoms with Crippen molar-refractivity contribution >= 4 is 5.78 Å². The molecular weight excluding hydrogens is 124 g/mol. The number of ketones is 1. The van der Waals surface area contributed by atoms with Gasteiger partial charge in [-0.05, 0) is 12.5 Å². The van der Waals surface area contributed by atoms with E-state index in [0.29, 0.717) is 12.8 Å². The summed E-state index contributed by atoms with van der Waals surface area (Å²) in [5, 5.41) is 0. The minimum atomic E-state index is 0.0583. The van der Waals surface area contributed by atoms with E-state index in [0.717, 1.165) is 5.57 Å². The average Bonchev–Trinajstić information content (AvgIpc) is 1.99. The van der Waals surface area contributed by atoms with Crippen LogP contribution in [0.15, 0.2) is 37.5 Å². The zero-order valence-electron chi connectivity index (χ0n) is 6.10. The van der Waals surface area contributed by atoms with Gasteiger partial charge in [0.25, 0.3) is 0 Å². The zero-order valence-corrected chi connectivity index (χ0v) is 6.10. The first kappa shape index (κ1) is 8.89. The Kier molecular flexibility index (Phi) is 4.21. The molecule has 0 N–H and O–H groups in total. The molecule has 0 fully saturated rings. The van der Waals surface area contributed by atoms with Gasteiger partial charge in [0.1, 0.15) is 0 Å². The first-order chi connectivity index (χ1) is 4.70. The fourth-order valence-electron chi connectivity index (χ4n) is 0.488. The minimum absolute atomic E-state index is 0.0583. The van der Waals surface area contributed by atoms with E-state index in [-0.39, 0.29) is 5.78 Å². The summed E-state index contributed by atoms with van der Waals surface area (Å²) in [6.07, 6.45) is 4.18. The van der Waals surface area contributed by atoms with E-state index >= 15 is 0 Å². The zero-order chi connectivity index (χ0) is 7.98. The van der Waals surface area contributed by atoms with Gasteiger partial charge in [0.15, 0.2) is 5.78 Å². The van der Waals surface area contributed by atoms with Crippen LogP contribution in [0.4, 0.5) is 0 Å². The predicted octanol–water partition coefficient (Wildman–Crippen LogP) is 2.26. The van der Waals surface area contributed by atoms with Crippen molar-refractivity contribution in [2.24, 2.45) is 0 Å². The topological polar surface area (TPSA) is 17.1 Å². The van der Waals surface area contributed by atoms with Crippen LogP contribution >= 0.6 is 0 Å². The summed E-state index contributed by atoms with van der Waals surface area (Å²) in [5.41, 5.74) is 0.898. The lowest BCUT2D eigenvalue weighted by Gasteiger charge is -1.94. The van der Waals surface area contributed by atoms with Crippen LogP contribution in [-0.4, -0.2) is 5.78 Å². The number of allylic oxidation sites excluding steroid dienone is 3. The van der Waals surface area contributed by atoms with Gasteiger partial charge >= 0.3 is 0 Å². The molecule has 0 spiro atoms. The lowest BCUT2D eigenvalue weighted by molar-refractivity contribution is -0.114. The molecule has 0 amide bonds. The lowest BCUT2D eigenvalue weighted by Crippen LogP contribution is -1.91. The van der Waals surface area contributed by atoms with Crippen molar-refractivity contribution in [3.8, 4) is 0 Å². The van der Waals surface area contributed by atoms with Gasteiger partial charge in [-0.1, -0.05) is 31.4 Å². The van der Waals surface area contributed by atoms with E-state index in [1.54, 1.807) is 6.08 Å². The van der Waals surface area contributed by atoms with Crippen LogP contribution in [0.1, 0.15) is 12.8 Å². The molecule has 0 aliphatic rings. The molecule has 0 aromatic heterocycles. The second-order valence-electron chi connectivity index (χ2n) is 2.03. The van der Waals surface area contributed by atoms with E-state index in [1.807, 2.05) is 0 Å². The van der Waals surface area contributed by atoms with E-state index < -0.39 is 0 Å². The first-order valence-electron chi connectivity index (χ1n) is 3.16. The van der Waals surface area contributed by atoms with Crippen molar-refractivity contribution in [2.45, 2.75) is 12.8 Å². The van der Waals surface area contributed by atoms with Crippen LogP contribution < -0.4 is 0 Å². The highest BCUT2D eigenvalue weighted by Gasteiger charge is 1.94. The molecule has 0 aromatic rings. The number of carbonyl (C=O) groups is 1. The lowest BCUT2D eigenvalue weighted by atomic mass is 10.1. The van der Waals surface area contributed by atoms with Crippen molar-refractivity contribution in [2.75, 3.05) is 0 Å². The largest absolute Gasteiger partial charge is 0.295 e. The Bertz CT molecular complexity index is 146. The Morgan fingerprint density at radius 2 is 1.80 bits per heavy atom. The molecule has 10 heavy (non-hydrogen) atoms. The van der Waals surface area contributed by atoms with Gasteiger partial charge in [-0.25, -0.2) is 0 Å². The SMILES string of the molecule is C=CC(=C)CCC(=O)C=C. The molecule has 1 nitrogen and oxygen atoms in total. The van der Waals surface area contributed by atoms with Gasteiger partial charge in [0.05, 0.1) is 0 Å². The maximum atomic E-state index is 10.6. The van der Waals surface area contributed by atoms with E-state index in [4.69, 9.17) is 0 Å². The van der Waals surface area contributed by atoms with Crippen molar-refractivity contribution in [3.63, 3.8) is 0 Å². The molecule has 0 unspecified atom stereocenters. The summed E-state index contributed by atoms with van der Waals surface area (Å²) in [7, 11) is 0. The van der Waals surface area contributed by atoms with Crippen molar-refractivity contribution in [3.05, 3.63) is 37.5 Å². The van der Waals surface area contributed by atoms with Gasteiger partial charge < -0.3 is 0 Å². The molecule has 0 saturated carbocycles. The smallest absolute Gasteiger partial charge is 0.155 e. The molecule has 0 atom stereocenters. The third-order valence-corrected chi connectivity index (χ3v) is 1.21. The van der Waals surface area contributed by atoms with Crippen LogP contribution in [0.2, 0.25) is 0 Å². The summed E-state index contributed by atoms with van der Waals surface area (Å²) in [5.74, 6) is 0.0583. The third kappa shape index (κ3) is 3.84. The van der Waals surface area contributed by atoms with Crippen molar-refractivity contribution in [1.82, 2.24) is 0 Å². The average molecular weight is 136 g/mol. The summed E-state index contributed by atoms with van der Waals surface area (Å²) in [6.45, 7) is 10.6. The molecular formula is C9H12O. The Balaban J connectivity index is 3.54. The van der Waals surface area contributed by atoms with Gasteiger partial charge in [-0.2, -0.15) is 0 Å². The fourth-order valence-corrected chi connectivity index (χ4v) is 0.488. The molecule has 0 bridgehead atoms. The van der Waals surface area contributed by atoms with E-state index in [2.05, 4.69) is 19.7 Å². The van der Waals surface area contributed by atoms with Gasteiger partial charge in [-0.15, -0.1) is 0 Å². The maximum Gasteiger partial charge on any atom is 0.155 e. The number of carbonyl (C=O) groups excluding carboxylic acids is 1. The molecule has 0 saturated heterocycles. The standard InChI is InChI=1S/C9H12O/c1-4-8(3)6-7-9(10)5-2/h4-5H,1-3,6-7H2. The normalized spacial score (nSPS) is 8.40. The molecule has 0 aliphatic heterocycles. The Morgan fingerprint density at radius 3 is 2.20 bits per heavy atom. The highest BCUT2D eigenvalue weighted by Crippen LogP contribution is 2.02. The summed E-state index contributed by atoms with van der Waals surface area (Å²) < 4.78 is 0. The molecule has 0 aliphatic carbocycles. The molecule has 0 rings (SSSR count). The van der Waals surface area contributed by atoms with Gasteiger partial charge in [-0.3, -0.25) is 4.79 Å². The summed E-state index contributed by atoms with van der Waals surface area (Å²) in [6, 6.07) is 0. The van der Waals surface area contributed by atoms with Crippen LogP contribution in [0, 0.1) is 0 Å². The summed E-state index contributed by atoms with van der Waals surface area (Å²) >= 11 is 0. The highest BCUT2D eigenvalue weighted by atomic mass is 16.1. The number of hydrogen-bond acceptors (Lipinski definition) is 1. The van der Waals surface area contributed by atoms with Gasteiger partial charge in [0, 0.05) is 6.42 Å². The third-order valence-electron chi connectivity index (χ3n) is 1.21. The molecule has 0 heterocycles. The van der Waals surface area contributed by atoms with E-state index in [9.17, 15) is 4.79 Å². The second-order valence-corrected chi connectivity index (χ2v) is 2.03. The number of rotatable bonds is 5. The van der Waals surface area contributed by atoms with Gasteiger partial charge in [0.2, 0.25) is 0 Å². The Labute approximate surface area is 61.8 Å². The first-order valence-corrected chi connectivity index (χ1v) is 3.16. The minimum Gasteiger partial charge on any atom is -0.295 e. The van der Waals surface area contributed by atoms with Crippen LogP contribution in [0.25, 0.3) is 0 Å². The van der Waals surface area contributed by atoms with Crippen molar-refractivity contribution in [1.29, 1.82) is 0 Å². The quantitative estimate of drug-likeness (QED) is 0.418. The Hall–Kier alpha value is -1.11. The molecule has 0 aromatic carbocycles. The van der Waals surface area contributed by atoms with Crippen LogP contribution in [-0.2, 0) is 4.79 Å². The second kappa shape index (κ2) is 4.74. The Morgan fingerprint density at radius 1 is 1.20 bits per heavy atom. The van der Waals surface area contributed by atoms with Crippen molar-refractivity contribution < 1.29 is 4.79 Å². The van der Waals surface area contributed by atoms with Crippen LogP contribution in [0.3, 0.4) is 0 Å².